The Morgan fingerprint density at radius 2 is 2.22 bits per heavy atom. The molecule has 1 aliphatic rings. The Kier molecular flexibility index (Phi) is 6.28. The molecule has 1 saturated heterocycles. The minimum Gasteiger partial charge on any atom is -0.493 e. The van der Waals surface area contributed by atoms with Crippen molar-refractivity contribution in [3.63, 3.8) is 0 Å². The molecule has 0 bridgehead atoms. The Balaban J connectivity index is 1.83. The predicted molar refractivity (Wildman–Crippen MR) is 90.8 cm³/mol. The van der Waals surface area contributed by atoms with E-state index >= 15 is 0 Å². The number of methoxy groups -OCH3 is 1. The summed E-state index contributed by atoms with van der Waals surface area (Å²) in [5.74, 6) is 1.93. The number of hydrogen-bond donors (Lipinski definition) is 1. The summed E-state index contributed by atoms with van der Waals surface area (Å²) >= 11 is 0. The van der Waals surface area contributed by atoms with Gasteiger partial charge in [0.2, 0.25) is 5.91 Å². The van der Waals surface area contributed by atoms with Crippen molar-refractivity contribution in [3.05, 3.63) is 23.8 Å². The number of aryl methyl sites for hydroxylation is 1. The predicted octanol–water partition coefficient (Wildman–Crippen LogP) is 2.36. The van der Waals surface area contributed by atoms with E-state index in [0.29, 0.717) is 30.4 Å². The molecule has 0 aliphatic carbocycles. The largest absolute Gasteiger partial charge is 0.493 e. The van der Waals surface area contributed by atoms with Gasteiger partial charge in [-0.3, -0.25) is 4.79 Å². The topological polar surface area (TPSA) is 64.8 Å². The van der Waals surface area contributed by atoms with Gasteiger partial charge in [0.1, 0.15) is 0 Å². The molecule has 0 saturated carbocycles. The lowest BCUT2D eigenvalue weighted by molar-refractivity contribution is -0.133. The summed E-state index contributed by atoms with van der Waals surface area (Å²) in [4.78, 5) is 14.3. The third kappa shape index (κ3) is 4.86. The molecule has 1 heterocycles. The maximum atomic E-state index is 12.3. The first-order valence-corrected chi connectivity index (χ1v) is 8.32. The number of carbonyl (C=O) groups excluding carboxylic acids is 1. The van der Waals surface area contributed by atoms with Crippen LogP contribution in [0.3, 0.4) is 0 Å². The molecule has 23 heavy (non-hydrogen) atoms. The van der Waals surface area contributed by atoms with Crippen molar-refractivity contribution in [1.29, 1.82) is 0 Å². The lowest BCUT2D eigenvalue weighted by atomic mass is 9.92. The second-order valence-corrected chi connectivity index (χ2v) is 6.35. The normalized spacial score (nSPS) is 19.3. The molecular formula is C18H28N2O3. The zero-order chi connectivity index (χ0) is 16.8. The van der Waals surface area contributed by atoms with Crippen molar-refractivity contribution in [2.75, 3.05) is 26.8 Å². The molecule has 1 aromatic rings. The van der Waals surface area contributed by atoms with E-state index in [0.717, 1.165) is 31.5 Å². The van der Waals surface area contributed by atoms with Gasteiger partial charge in [-0.15, -0.1) is 0 Å². The highest BCUT2D eigenvalue weighted by molar-refractivity contribution is 5.76. The van der Waals surface area contributed by atoms with Crippen LogP contribution < -0.4 is 15.2 Å². The van der Waals surface area contributed by atoms with E-state index in [2.05, 4.69) is 0 Å². The summed E-state index contributed by atoms with van der Waals surface area (Å²) in [6.07, 6.45) is 2.52. The van der Waals surface area contributed by atoms with E-state index in [1.807, 2.05) is 36.9 Å². The van der Waals surface area contributed by atoms with Gasteiger partial charge in [0.25, 0.3) is 0 Å². The summed E-state index contributed by atoms with van der Waals surface area (Å²) in [6, 6.07) is 5.91. The van der Waals surface area contributed by atoms with Gasteiger partial charge in [-0.2, -0.15) is 0 Å². The van der Waals surface area contributed by atoms with Crippen LogP contribution in [-0.2, 0) is 4.79 Å². The average molecular weight is 320 g/mol. The molecule has 128 valence electrons. The number of rotatable bonds is 6. The number of nitrogens with zero attached hydrogens (tertiary/aromatic N) is 1. The summed E-state index contributed by atoms with van der Waals surface area (Å²) in [5, 5.41) is 0. The molecule has 1 aliphatic heterocycles. The molecule has 0 spiro atoms. The second-order valence-electron chi connectivity index (χ2n) is 6.35. The molecule has 1 fully saturated rings. The Hall–Kier alpha value is -1.75. The molecule has 5 nitrogen and oxygen atoms in total. The van der Waals surface area contributed by atoms with Gasteiger partial charge in [0, 0.05) is 19.1 Å². The van der Waals surface area contributed by atoms with E-state index < -0.39 is 0 Å². The second kappa shape index (κ2) is 8.20. The Morgan fingerprint density at radius 3 is 2.91 bits per heavy atom. The maximum absolute atomic E-state index is 12.3. The van der Waals surface area contributed by atoms with E-state index in [1.165, 1.54) is 0 Å². The number of likely N-dealkylation sites (tertiary alicyclic amines) is 1. The van der Waals surface area contributed by atoms with Gasteiger partial charge in [0.05, 0.1) is 20.1 Å². The van der Waals surface area contributed by atoms with E-state index in [4.69, 9.17) is 15.2 Å². The SMILES string of the molecule is COc1cc(C)ccc1OCCC(=O)N1CCCC(C(C)N)C1. The van der Waals surface area contributed by atoms with Crippen LogP contribution in [-0.4, -0.2) is 43.7 Å². The van der Waals surface area contributed by atoms with Crippen LogP contribution in [0.4, 0.5) is 0 Å². The van der Waals surface area contributed by atoms with Crippen LogP contribution in [0.5, 0.6) is 11.5 Å². The van der Waals surface area contributed by atoms with Crippen molar-refractivity contribution in [1.82, 2.24) is 4.90 Å². The highest BCUT2D eigenvalue weighted by Crippen LogP contribution is 2.28. The summed E-state index contributed by atoms with van der Waals surface area (Å²) in [6.45, 7) is 5.98. The third-order valence-corrected chi connectivity index (χ3v) is 4.45. The fraction of sp³-hybridized carbons (Fsp3) is 0.611. The lowest BCUT2D eigenvalue weighted by Crippen LogP contribution is -2.45. The Labute approximate surface area is 138 Å². The number of amides is 1. The monoisotopic (exact) mass is 320 g/mol. The van der Waals surface area contributed by atoms with Crippen molar-refractivity contribution in [2.45, 2.75) is 39.2 Å². The zero-order valence-corrected chi connectivity index (χ0v) is 14.4. The fourth-order valence-corrected chi connectivity index (χ4v) is 2.97. The first kappa shape index (κ1) is 17.6. The lowest BCUT2D eigenvalue weighted by Gasteiger charge is -2.34. The van der Waals surface area contributed by atoms with Gasteiger partial charge in [0.15, 0.2) is 11.5 Å². The van der Waals surface area contributed by atoms with Crippen LogP contribution in [0.25, 0.3) is 0 Å². The van der Waals surface area contributed by atoms with Gasteiger partial charge in [-0.1, -0.05) is 6.07 Å². The number of piperidine rings is 1. The van der Waals surface area contributed by atoms with Crippen LogP contribution in [0, 0.1) is 12.8 Å². The van der Waals surface area contributed by atoms with Gasteiger partial charge >= 0.3 is 0 Å². The first-order chi connectivity index (χ1) is 11.0. The van der Waals surface area contributed by atoms with Gasteiger partial charge < -0.3 is 20.1 Å². The highest BCUT2D eigenvalue weighted by Gasteiger charge is 2.25. The van der Waals surface area contributed by atoms with Crippen molar-refractivity contribution >= 4 is 5.91 Å². The number of benzene rings is 1. The molecule has 2 N–H and O–H groups in total. The number of nitrogens with two attached hydrogens (primary N) is 1. The fourth-order valence-electron chi connectivity index (χ4n) is 2.97. The number of hydrogen-bond acceptors (Lipinski definition) is 4. The zero-order valence-electron chi connectivity index (χ0n) is 14.4. The molecule has 1 amide bonds. The molecule has 1 aromatic carbocycles. The average Bonchev–Trinajstić information content (AvgIpc) is 2.56. The number of carbonyl (C=O) groups is 1. The minimum atomic E-state index is 0.138. The first-order valence-electron chi connectivity index (χ1n) is 8.32. The van der Waals surface area contributed by atoms with Gasteiger partial charge in [-0.05, 0) is 50.3 Å². The molecular weight excluding hydrogens is 292 g/mol. The molecule has 2 unspecified atom stereocenters. The summed E-state index contributed by atoms with van der Waals surface area (Å²) < 4.78 is 11.0. The summed E-state index contributed by atoms with van der Waals surface area (Å²) in [5.41, 5.74) is 7.08. The smallest absolute Gasteiger partial charge is 0.226 e. The minimum absolute atomic E-state index is 0.138. The summed E-state index contributed by atoms with van der Waals surface area (Å²) in [7, 11) is 1.62. The molecule has 2 atom stereocenters. The third-order valence-electron chi connectivity index (χ3n) is 4.45. The Bertz CT molecular complexity index is 531. The van der Waals surface area contributed by atoms with E-state index in [-0.39, 0.29) is 11.9 Å². The van der Waals surface area contributed by atoms with Crippen LogP contribution in [0.1, 0.15) is 31.7 Å². The maximum Gasteiger partial charge on any atom is 0.226 e. The molecule has 2 rings (SSSR count). The molecule has 5 heteroatoms. The Morgan fingerprint density at radius 1 is 1.43 bits per heavy atom. The number of ether oxygens (including phenoxy) is 2. The van der Waals surface area contributed by atoms with Gasteiger partial charge in [-0.25, -0.2) is 0 Å². The molecule has 0 aromatic heterocycles. The van der Waals surface area contributed by atoms with E-state index in [1.54, 1.807) is 7.11 Å². The molecule has 0 radical (unpaired) electrons. The quantitative estimate of drug-likeness (QED) is 0.874. The highest BCUT2D eigenvalue weighted by atomic mass is 16.5. The van der Waals surface area contributed by atoms with Crippen LogP contribution >= 0.6 is 0 Å². The van der Waals surface area contributed by atoms with Crippen molar-refractivity contribution in [2.24, 2.45) is 11.7 Å². The van der Waals surface area contributed by atoms with Crippen molar-refractivity contribution < 1.29 is 14.3 Å². The van der Waals surface area contributed by atoms with Crippen molar-refractivity contribution in [3.8, 4) is 11.5 Å². The van der Waals surface area contributed by atoms with Crippen LogP contribution in [0.2, 0.25) is 0 Å². The van der Waals surface area contributed by atoms with E-state index in [9.17, 15) is 4.79 Å². The van der Waals surface area contributed by atoms with Crippen LogP contribution in [0.15, 0.2) is 18.2 Å². The standard InChI is InChI=1S/C18H28N2O3/c1-13-6-7-16(17(11-13)22-3)23-10-8-18(21)20-9-4-5-15(12-20)14(2)19/h6-7,11,14-15H,4-5,8-10,12,19H2,1-3H3.